The number of hydrogen-bond acceptors (Lipinski definition) is 4. The maximum Gasteiger partial charge on any atom is 0.225 e. The molecule has 0 atom stereocenters. The van der Waals surface area contributed by atoms with Gasteiger partial charge in [0.25, 0.3) is 0 Å². The van der Waals surface area contributed by atoms with E-state index in [9.17, 15) is 9.59 Å². The normalized spacial score (nSPS) is 20.5. The zero-order valence-corrected chi connectivity index (χ0v) is 14.7. The SMILES string of the molecule is CCN(CC)C(=O)C1CCN(CCC(=O)N2CCNCC2)CC1. The van der Waals surface area contributed by atoms with Gasteiger partial charge in [-0.2, -0.15) is 0 Å². The standard InChI is InChI=1S/C17H32N4O2/c1-3-20(4-2)17(23)15-5-10-19(11-6-15)12-7-16(22)21-13-8-18-9-14-21/h15,18H,3-14H2,1-2H3. The minimum absolute atomic E-state index is 0.176. The Morgan fingerprint density at radius 3 is 2.22 bits per heavy atom. The highest BCUT2D eigenvalue weighted by molar-refractivity contribution is 5.79. The third kappa shape index (κ3) is 5.18. The van der Waals surface area contributed by atoms with Crippen LogP contribution < -0.4 is 5.32 Å². The molecule has 0 radical (unpaired) electrons. The molecule has 6 heteroatoms. The zero-order valence-electron chi connectivity index (χ0n) is 14.7. The van der Waals surface area contributed by atoms with Crippen molar-refractivity contribution in [2.75, 3.05) is 58.9 Å². The molecule has 0 aromatic carbocycles. The van der Waals surface area contributed by atoms with E-state index in [4.69, 9.17) is 0 Å². The summed E-state index contributed by atoms with van der Waals surface area (Å²) in [5, 5.41) is 3.27. The zero-order chi connectivity index (χ0) is 16.7. The predicted molar refractivity (Wildman–Crippen MR) is 91.2 cm³/mol. The van der Waals surface area contributed by atoms with Gasteiger partial charge in [-0.25, -0.2) is 0 Å². The van der Waals surface area contributed by atoms with Crippen LogP contribution in [-0.4, -0.2) is 85.4 Å². The van der Waals surface area contributed by atoms with E-state index in [0.29, 0.717) is 12.3 Å². The van der Waals surface area contributed by atoms with E-state index in [-0.39, 0.29) is 11.8 Å². The Labute approximate surface area is 140 Å². The van der Waals surface area contributed by atoms with E-state index >= 15 is 0 Å². The van der Waals surface area contributed by atoms with Gasteiger partial charge in [-0.05, 0) is 39.8 Å². The number of amides is 2. The number of piperidine rings is 1. The van der Waals surface area contributed by atoms with Crippen molar-refractivity contribution >= 4 is 11.8 Å². The lowest BCUT2D eigenvalue weighted by Gasteiger charge is -2.34. The average Bonchev–Trinajstić information content (AvgIpc) is 2.61. The Morgan fingerprint density at radius 1 is 1.04 bits per heavy atom. The lowest BCUT2D eigenvalue weighted by atomic mass is 9.95. The summed E-state index contributed by atoms with van der Waals surface area (Å²) < 4.78 is 0. The van der Waals surface area contributed by atoms with Gasteiger partial charge in [0, 0.05) is 58.2 Å². The van der Waals surface area contributed by atoms with Crippen molar-refractivity contribution in [3.8, 4) is 0 Å². The Kier molecular flexibility index (Phi) is 7.30. The van der Waals surface area contributed by atoms with Crippen LogP contribution in [0.2, 0.25) is 0 Å². The molecule has 0 bridgehead atoms. The number of likely N-dealkylation sites (tertiary alicyclic amines) is 1. The molecule has 23 heavy (non-hydrogen) atoms. The molecule has 2 aliphatic heterocycles. The number of carbonyl (C=O) groups excluding carboxylic acids is 2. The first-order valence-electron chi connectivity index (χ1n) is 9.15. The van der Waals surface area contributed by atoms with Crippen LogP contribution >= 0.6 is 0 Å². The van der Waals surface area contributed by atoms with Crippen molar-refractivity contribution < 1.29 is 9.59 Å². The van der Waals surface area contributed by atoms with Gasteiger partial charge in [0.15, 0.2) is 0 Å². The van der Waals surface area contributed by atoms with E-state index in [1.807, 2.05) is 23.6 Å². The molecule has 2 fully saturated rings. The van der Waals surface area contributed by atoms with Crippen LogP contribution in [0.3, 0.4) is 0 Å². The minimum atomic E-state index is 0.176. The van der Waals surface area contributed by atoms with E-state index in [2.05, 4.69) is 10.2 Å². The van der Waals surface area contributed by atoms with E-state index in [1.54, 1.807) is 0 Å². The highest BCUT2D eigenvalue weighted by Gasteiger charge is 2.27. The molecule has 2 heterocycles. The van der Waals surface area contributed by atoms with Crippen LogP contribution in [-0.2, 0) is 9.59 Å². The summed E-state index contributed by atoms with van der Waals surface area (Å²) in [6, 6.07) is 0. The molecule has 0 aromatic heterocycles. The Hall–Kier alpha value is -1.14. The van der Waals surface area contributed by atoms with Gasteiger partial charge in [-0.15, -0.1) is 0 Å². The first-order chi connectivity index (χ1) is 11.2. The van der Waals surface area contributed by atoms with Crippen LogP contribution in [0.5, 0.6) is 0 Å². The summed E-state index contributed by atoms with van der Waals surface area (Å²) in [6.07, 6.45) is 2.46. The second-order valence-electron chi connectivity index (χ2n) is 6.51. The van der Waals surface area contributed by atoms with Gasteiger partial charge in [0.1, 0.15) is 0 Å². The molecule has 0 saturated carbocycles. The van der Waals surface area contributed by atoms with Crippen molar-refractivity contribution in [1.82, 2.24) is 20.0 Å². The number of hydrogen-bond donors (Lipinski definition) is 1. The Balaban J connectivity index is 1.68. The highest BCUT2D eigenvalue weighted by Crippen LogP contribution is 2.20. The number of carbonyl (C=O) groups is 2. The second-order valence-corrected chi connectivity index (χ2v) is 6.51. The maximum atomic E-state index is 12.4. The molecule has 6 nitrogen and oxygen atoms in total. The fraction of sp³-hybridized carbons (Fsp3) is 0.882. The molecule has 0 aliphatic carbocycles. The molecule has 2 aliphatic rings. The smallest absolute Gasteiger partial charge is 0.225 e. The molecule has 2 amide bonds. The third-order valence-corrected chi connectivity index (χ3v) is 5.12. The topological polar surface area (TPSA) is 55.9 Å². The fourth-order valence-corrected chi connectivity index (χ4v) is 3.52. The third-order valence-electron chi connectivity index (χ3n) is 5.12. The maximum absolute atomic E-state index is 12.4. The van der Waals surface area contributed by atoms with Crippen LogP contribution in [0.15, 0.2) is 0 Å². The fourth-order valence-electron chi connectivity index (χ4n) is 3.52. The number of rotatable bonds is 6. The summed E-state index contributed by atoms with van der Waals surface area (Å²) in [4.78, 5) is 30.8. The summed E-state index contributed by atoms with van der Waals surface area (Å²) in [5.41, 5.74) is 0. The minimum Gasteiger partial charge on any atom is -0.343 e. The van der Waals surface area contributed by atoms with Gasteiger partial charge < -0.3 is 20.0 Å². The molecule has 0 spiro atoms. The summed E-state index contributed by atoms with van der Waals surface area (Å²) in [6.45, 7) is 11.9. The van der Waals surface area contributed by atoms with E-state index in [0.717, 1.165) is 71.7 Å². The number of piperazine rings is 1. The lowest BCUT2D eigenvalue weighted by Crippen LogP contribution is -2.47. The lowest BCUT2D eigenvalue weighted by molar-refractivity contribution is -0.137. The monoisotopic (exact) mass is 324 g/mol. The van der Waals surface area contributed by atoms with Gasteiger partial charge >= 0.3 is 0 Å². The van der Waals surface area contributed by atoms with Crippen LogP contribution in [0.4, 0.5) is 0 Å². The summed E-state index contributed by atoms with van der Waals surface area (Å²) in [5.74, 6) is 0.759. The average molecular weight is 324 g/mol. The van der Waals surface area contributed by atoms with Gasteiger partial charge in [-0.3, -0.25) is 9.59 Å². The molecule has 132 valence electrons. The largest absolute Gasteiger partial charge is 0.343 e. The number of nitrogens with one attached hydrogen (secondary N) is 1. The van der Waals surface area contributed by atoms with Crippen LogP contribution in [0, 0.1) is 5.92 Å². The number of nitrogens with zero attached hydrogens (tertiary/aromatic N) is 3. The van der Waals surface area contributed by atoms with Crippen LogP contribution in [0.1, 0.15) is 33.1 Å². The van der Waals surface area contributed by atoms with Crippen molar-refractivity contribution in [3.05, 3.63) is 0 Å². The molecule has 1 N–H and O–H groups in total. The highest BCUT2D eigenvalue weighted by atomic mass is 16.2. The Bertz CT molecular complexity index is 384. The van der Waals surface area contributed by atoms with Gasteiger partial charge in [0.05, 0.1) is 0 Å². The first-order valence-corrected chi connectivity index (χ1v) is 9.15. The second kappa shape index (κ2) is 9.23. The molecular weight excluding hydrogens is 292 g/mol. The quantitative estimate of drug-likeness (QED) is 0.768. The Morgan fingerprint density at radius 2 is 1.65 bits per heavy atom. The van der Waals surface area contributed by atoms with E-state index < -0.39 is 0 Å². The molecule has 2 saturated heterocycles. The molecule has 0 unspecified atom stereocenters. The van der Waals surface area contributed by atoms with E-state index in [1.165, 1.54) is 0 Å². The van der Waals surface area contributed by atoms with Gasteiger partial charge in [0.2, 0.25) is 11.8 Å². The summed E-state index contributed by atoms with van der Waals surface area (Å²) >= 11 is 0. The molecule has 2 rings (SSSR count). The van der Waals surface area contributed by atoms with Gasteiger partial charge in [-0.1, -0.05) is 0 Å². The predicted octanol–water partition coefficient (Wildman–Crippen LogP) is 0.389. The van der Waals surface area contributed by atoms with Crippen LogP contribution in [0.25, 0.3) is 0 Å². The summed E-state index contributed by atoms with van der Waals surface area (Å²) in [7, 11) is 0. The van der Waals surface area contributed by atoms with Crippen molar-refractivity contribution in [3.63, 3.8) is 0 Å². The van der Waals surface area contributed by atoms with Crippen molar-refractivity contribution in [2.45, 2.75) is 33.1 Å². The first kappa shape index (κ1) is 18.2. The molecular formula is C17H32N4O2. The van der Waals surface area contributed by atoms with Crippen molar-refractivity contribution in [1.29, 1.82) is 0 Å². The molecule has 0 aromatic rings. The van der Waals surface area contributed by atoms with Crippen molar-refractivity contribution in [2.24, 2.45) is 5.92 Å².